The maximum Gasteiger partial charge on any atom is 0.179 e. The largest absolute Gasteiger partial charge is 0.495 e. The summed E-state index contributed by atoms with van der Waals surface area (Å²) >= 11 is 0. The van der Waals surface area contributed by atoms with Gasteiger partial charge in [0.25, 0.3) is 0 Å². The van der Waals surface area contributed by atoms with Crippen molar-refractivity contribution in [2.45, 2.75) is 24.4 Å². The van der Waals surface area contributed by atoms with Crippen molar-refractivity contribution in [3.05, 3.63) is 59.4 Å². The highest BCUT2D eigenvalue weighted by atomic mass is 32.2. The molecule has 1 unspecified atom stereocenters. The van der Waals surface area contributed by atoms with Crippen LogP contribution in [0.15, 0.2) is 47.4 Å². The molecule has 124 valence electrons. The van der Waals surface area contributed by atoms with Gasteiger partial charge in [-0.15, -0.1) is 0 Å². The summed E-state index contributed by atoms with van der Waals surface area (Å²) in [6.07, 6.45) is 1.15. The van der Waals surface area contributed by atoms with Crippen LogP contribution in [0.25, 0.3) is 0 Å². The van der Waals surface area contributed by atoms with E-state index in [0.29, 0.717) is 12.3 Å². The fourth-order valence-electron chi connectivity index (χ4n) is 2.30. The molecule has 1 N–H and O–H groups in total. The van der Waals surface area contributed by atoms with Crippen LogP contribution in [0.5, 0.6) is 5.75 Å². The average molecular weight is 337 g/mol. The van der Waals surface area contributed by atoms with Crippen LogP contribution < -0.4 is 10.1 Å². The van der Waals surface area contributed by atoms with E-state index < -0.39 is 9.84 Å². The molecule has 6 heteroatoms. The number of hydrogen-bond donors (Lipinski definition) is 1. The van der Waals surface area contributed by atoms with E-state index in [0.717, 1.165) is 17.4 Å². The number of nitrogens with one attached hydrogen (secondary N) is 1. The lowest BCUT2D eigenvalue weighted by atomic mass is 10.1. The number of benzene rings is 2. The van der Waals surface area contributed by atoms with Crippen LogP contribution in [-0.4, -0.2) is 21.8 Å². The Kier molecular flexibility index (Phi) is 5.38. The van der Waals surface area contributed by atoms with E-state index in [1.165, 1.54) is 19.2 Å². The quantitative estimate of drug-likeness (QED) is 0.880. The second-order valence-corrected chi connectivity index (χ2v) is 7.40. The Hall–Kier alpha value is -1.92. The van der Waals surface area contributed by atoms with Gasteiger partial charge in [0, 0.05) is 18.8 Å². The smallest absolute Gasteiger partial charge is 0.179 e. The molecule has 0 amide bonds. The molecule has 0 aliphatic carbocycles. The zero-order valence-electron chi connectivity index (χ0n) is 13.3. The molecule has 0 spiro atoms. The number of ether oxygens (including phenoxy) is 1. The Labute approximate surface area is 136 Å². The third-order valence-electron chi connectivity index (χ3n) is 3.59. The van der Waals surface area contributed by atoms with Gasteiger partial charge in [-0.05, 0) is 42.3 Å². The minimum absolute atomic E-state index is 0.0409. The van der Waals surface area contributed by atoms with Gasteiger partial charge in [0.1, 0.15) is 16.5 Å². The zero-order valence-corrected chi connectivity index (χ0v) is 14.2. The molecule has 0 heterocycles. The second-order valence-electron chi connectivity index (χ2n) is 5.41. The standard InChI is InChI=1S/C17H20FNO3S/c1-12(19-11-13-5-4-6-15(18)9-13)14-7-8-17(23(3,20)21)16(10-14)22-2/h4-10,12,19H,11H2,1-3H3. The van der Waals surface area contributed by atoms with E-state index in [4.69, 9.17) is 4.74 Å². The first-order valence-electron chi connectivity index (χ1n) is 7.17. The lowest BCUT2D eigenvalue weighted by Gasteiger charge is -2.16. The summed E-state index contributed by atoms with van der Waals surface area (Å²) in [7, 11) is -1.89. The Morgan fingerprint density at radius 3 is 2.57 bits per heavy atom. The maximum absolute atomic E-state index is 13.2. The third kappa shape index (κ3) is 4.53. The molecule has 2 aromatic carbocycles. The van der Waals surface area contributed by atoms with Crippen LogP contribution >= 0.6 is 0 Å². The van der Waals surface area contributed by atoms with Crippen molar-refractivity contribution in [2.24, 2.45) is 0 Å². The molecule has 2 rings (SSSR count). The lowest BCUT2D eigenvalue weighted by Crippen LogP contribution is -2.18. The second kappa shape index (κ2) is 7.10. The Bertz CT molecular complexity index is 790. The van der Waals surface area contributed by atoms with Gasteiger partial charge in [-0.1, -0.05) is 18.2 Å². The Morgan fingerprint density at radius 2 is 1.96 bits per heavy atom. The fourth-order valence-corrected chi connectivity index (χ4v) is 3.12. The highest BCUT2D eigenvalue weighted by Crippen LogP contribution is 2.27. The van der Waals surface area contributed by atoms with E-state index in [1.54, 1.807) is 24.3 Å². The van der Waals surface area contributed by atoms with Gasteiger partial charge >= 0.3 is 0 Å². The molecular formula is C17H20FNO3S. The molecule has 1 atom stereocenters. The lowest BCUT2D eigenvalue weighted by molar-refractivity contribution is 0.401. The van der Waals surface area contributed by atoms with Crippen molar-refractivity contribution >= 4 is 9.84 Å². The fraction of sp³-hybridized carbons (Fsp3) is 0.294. The molecule has 4 nitrogen and oxygen atoms in total. The third-order valence-corrected chi connectivity index (χ3v) is 4.72. The number of rotatable bonds is 6. The topological polar surface area (TPSA) is 55.4 Å². The van der Waals surface area contributed by atoms with Crippen molar-refractivity contribution in [3.8, 4) is 5.75 Å². The van der Waals surface area contributed by atoms with E-state index >= 15 is 0 Å². The molecule has 0 aliphatic heterocycles. The van der Waals surface area contributed by atoms with Gasteiger partial charge in [-0.3, -0.25) is 0 Å². The number of methoxy groups -OCH3 is 1. The first kappa shape index (κ1) is 17.4. The number of sulfone groups is 1. The van der Waals surface area contributed by atoms with E-state index in [1.807, 2.05) is 13.0 Å². The molecule has 0 radical (unpaired) electrons. The highest BCUT2D eigenvalue weighted by Gasteiger charge is 2.16. The molecular weight excluding hydrogens is 317 g/mol. The summed E-state index contributed by atoms with van der Waals surface area (Å²) in [5, 5.41) is 3.28. The normalized spacial score (nSPS) is 12.9. The van der Waals surface area contributed by atoms with Crippen LogP contribution in [0.3, 0.4) is 0 Å². The zero-order chi connectivity index (χ0) is 17.0. The molecule has 0 saturated heterocycles. The van der Waals surface area contributed by atoms with Crippen LogP contribution in [0, 0.1) is 5.82 Å². The molecule has 0 bridgehead atoms. The van der Waals surface area contributed by atoms with Gasteiger partial charge in [-0.2, -0.15) is 0 Å². The summed E-state index contributed by atoms with van der Waals surface area (Å²) in [5.74, 6) is 0.0560. The minimum Gasteiger partial charge on any atom is -0.495 e. The summed E-state index contributed by atoms with van der Waals surface area (Å²) in [6, 6.07) is 11.4. The number of halogens is 1. The van der Waals surface area contributed by atoms with Crippen LogP contribution in [0.4, 0.5) is 4.39 Å². The van der Waals surface area contributed by atoms with E-state index in [9.17, 15) is 12.8 Å². The van der Waals surface area contributed by atoms with Crippen LogP contribution in [0.1, 0.15) is 24.1 Å². The van der Waals surface area contributed by atoms with Gasteiger partial charge < -0.3 is 10.1 Å². The monoisotopic (exact) mass is 337 g/mol. The number of hydrogen-bond acceptors (Lipinski definition) is 4. The molecule has 2 aromatic rings. The molecule has 0 saturated carbocycles. The Morgan fingerprint density at radius 1 is 1.22 bits per heavy atom. The van der Waals surface area contributed by atoms with Crippen molar-refractivity contribution in [1.29, 1.82) is 0 Å². The first-order valence-corrected chi connectivity index (χ1v) is 9.06. The summed E-state index contributed by atoms with van der Waals surface area (Å²) in [5.41, 5.74) is 1.74. The molecule has 0 aromatic heterocycles. The van der Waals surface area contributed by atoms with Crippen LogP contribution in [-0.2, 0) is 16.4 Å². The molecule has 0 aliphatic rings. The minimum atomic E-state index is -3.34. The van der Waals surface area contributed by atoms with E-state index in [-0.39, 0.29) is 16.8 Å². The van der Waals surface area contributed by atoms with Gasteiger partial charge in [0.15, 0.2) is 9.84 Å². The van der Waals surface area contributed by atoms with Gasteiger partial charge in [0.05, 0.1) is 7.11 Å². The van der Waals surface area contributed by atoms with Crippen molar-refractivity contribution in [3.63, 3.8) is 0 Å². The highest BCUT2D eigenvalue weighted by molar-refractivity contribution is 7.90. The average Bonchev–Trinajstić information content (AvgIpc) is 2.51. The summed E-state index contributed by atoms with van der Waals surface area (Å²) in [4.78, 5) is 0.168. The van der Waals surface area contributed by atoms with Gasteiger partial charge in [-0.25, -0.2) is 12.8 Å². The van der Waals surface area contributed by atoms with Gasteiger partial charge in [0.2, 0.25) is 0 Å². The molecule has 0 fully saturated rings. The Balaban J connectivity index is 2.15. The van der Waals surface area contributed by atoms with Crippen LogP contribution in [0.2, 0.25) is 0 Å². The summed E-state index contributed by atoms with van der Waals surface area (Å²) in [6.45, 7) is 2.46. The maximum atomic E-state index is 13.2. The van der Waals surface area contributed by atoms with Crippen molar-refractivity contribution in [1.82, 2.24) is 5.32 Å². The first-order chi connectivity index (χ1) is 10.8. The SMILES string of the molecule is COc1cc(C(C)NCc2cccc(F)c2)ccc1S(C)(=O)=O. The predicted octanol–water partition coefficient (Wildman–Crippen LogP) is 3.09. The van der Waals surface area contributed by atoms with E-state index in [2.05, 4.69) is 5.32 Å². The predicted molar refractivity (Wildman–Crippen MR) is 87.8 cm³/mol. The van der Waals surface area contributed by atoms with Crippen molar-refractivity contribution < 1.29 is 17.5 Å². The molecule has 23 heavy (non-hydrogen) atoms. The summed E-state index contributed by atoms with van der Waals surface area (Å²) < 4.78 is 41.8. The van der Waals surface area contributed by atoms with Crippen molar-refractivity contribution in [2.75, 3.05) is 13.4 Å².